The minimum Gasteiger partial charge on any atom is -0.492 e. The normalized spacial score (nSPS) is 22.3. The van der Waals surface area contributed by atoms with Crippen molar-refractivity contribution in [2.45, 2.75) is 25.3 Å². The number of rotatable bonds is 2. The van der Waals surface area contributed by atoms with E-state index in [4.69, 9.17) is 16.3 Å². The third-order valence-electron chi connectivity index (χ3n) is 4.48. The lowest BCUT2D eigenvalue weighted by molar-refractivity contribution is -0.138. The quantitative estimate of drug-likeness (QED) is 0.910. The zero-order valence-corrected chi connectivity index (χ0v) is 13.0. The molecule has 1 saturated heterocycles. The molecular formula is C16H21ClN2O2. The number of benzene rings is 1. The fourth-order valence-electron chi connectivity index (χ4n) is 3.18. The number of amides is 1. The Labute approximate surface area is 130 Å². The fraction of sp³-hybridized carbons (Fsp3) is 0.562. The molecule has 1 unspecified atom stereocenters. The maximum Gasteiger partial charge on any atom is 0.229 e. The van der Waals surface area contributed by atoms with E-state index in [-0.39, 0.29) is 11.8 Å². The van der Waals surface area contributed by atoms with Crippen molar-refractivity contribution in [1.82, 2.24) is 10.2 Å². The molecule has 0 bridgehead atoms. The number of nitrogens with one attached hydrogen (secondary N) is 1. The predicted octanol–water partition coefficient (Wildman–Crippen LogP) is 2.10. The van der Waals surface area contributed by atoms with Gasteiger partial charge in [-0.25, -0.2) is 0 Å². The highest BCUT2D eigenvalue weighted by molar-refractivity contribution is 6.30. The molecule has 0 radical (unpaired) electrons. The number of halogens is 1. The van der Waals surface area contributed by atoms with E-state index in [0.717, 1.165) is 37.2 Å². The summed E-state index contributed by atoms with van der Waals surface area (Å²) in [6.45, 7) is 2.44. The van der Waals surface area contributed by atoms with Gasteiger partial charge in [-0.1, -0.05) is 11.6 Å². The van der Waals surface area contributed by atoms with Gasteiger partial charge in [0.05, 0.1) is 5.92 Å². The molecule has 2 aliphatic heterocycles. The summed E-state index contributed by atoms with van der Waals surface area (Å²) in [7, 11) is 1.92. The van der Waals surface area contributed by atoms with Crippen LogP contribution < -0.4 is 10.1 Å². The first-order valence-corrected chi connectivity index (χ1v) is 7.91. The molecule has 0 aromatic heterocycles. The van der Waals surface area contributed by atoms with Crippen LogP contribution in [0.4, 0.5) is 0 Å². The third kappa shape index (κ3) is 3.16. The minimum atomic E-state index is -0.101. The van der Waals surface area contributed by atoms with Gasteiger partial charge in [-0.3, -0.25) is 4.79 Å². The third-order valence-corrected chi connectivity index (χ3v) is 4.72. The van der Waals surface area contributed by atoms with E-state index >= 15 is 0 Å². The van der Waals surface area contributed by atoms with Crippen LogP contribution in [0.5, 0.6) is 5.75 Å². The van der Waals surface area contributed by atoms with Crippen LogP contribution in [-0.4, -0.2) is 43.6 Å². The first-order chi connectivity index (χ1) is 10.1. The highest BCUT2D eigenvalue weighted by Crippen LogP contribution is 2.30. The van der Waals surface area contributed by atoms with Gasteiger partial charge in [0.15, 0.2) is 0 Å². The predicted molar refractivity (Wildman–Crippen MR) is 82.8 cm³/mol. The Bertz CT molecular complexity index is 529. The van der Waals surface area contributed by atoms with E-state index in [9.17, 15) is 4.79 Å². The maximum absolute atomic E-state index is 12.7. The second-order valence-electron chi connectivity index (χ2n) is 5.89. The van der Waals surface area contributed by atoms with E-state index in [2.05, 4.69) is 5.32 Å². The zero-order valence-electron chi connectivity index (χ0n) is 12.3. The van der Waals surface area contributed by atoms with E-state index in [1.807, 2.05) is 30.1 Å². The Morgan fingerprint density at radius 3 is 2.90 bits per heavy atom. The molecule has 1 amide bonds. The first kappa shape index (κ1) is 14.7. The number of hydrogen-bond donors (Lipinski definition) is 1. The summed E-state index contributed by atoms with van der Waals surface area (Å²) in [5.41, 5.74) is 1.03. The lowest BCUT2D eigenvalue weighted by Crippen LogP contribution is -2.47. The fourth-order valence-corrected chi connectivity index (χ4v) is 3.38. The number of hydrogen-bond acceptors (Lipinski definition) is 3. The molecule has 5 heteroatoms. The lowest BCUT2D eigenvalue weighted by Gasteiger charge is -2.35. The van der Waals surface area contributed by atoms with E-state index in [0.29, 0.717) is 24.1 Å². The van der Waals surface area contributed by atoms with Crippen molar-refractivity contribution in [2.24, 2.45) is 5.92 Å². The number of piperidine rings is 1. The van der Waals surface area contributed by atoms with Crippen molar-refractivity contribution in [3.8, 4) is 5.75 Å². The molecular weight excluding hydrogens is 288 g/mol. The molecule has 1 aromatic carbocycles. The molecule has 2 aliphatic rings. The molecule has 2 heterocycles. The maximum atomic E-state index is 12.7. The van der Waals surface area contributed by atoms with Gasteiger partial charge in [-0.2, -0.15) is 0 Å². The Hall–Kier alpha value is -1.26. The molecule has 4 nitrogen and oxygen atoms in total. The SMILES string of the molecule is CN(C(=O)C1COc2ccc(Cl)cc2C1)C1CCNCC1. The van der Waals surface area contributed by atoms with Gasteiger partial charge in [-0.05, 0) is 56.1 Å². The second-order valence-corrected chi connectivity index (χ2v) is 6.33. The van der Waals surface area contributed by atoms with Gasteiger partial charge < -0.3 is 15.0 Å². The lowest BCUT2D eigenvalue weighted by atomic mass is 9.94. The largest absolute Gasteiger partial charge is 0.492 e. The van der Waals surface area contributed by atoms with Crippen LogP contribution in [0.3, 0.4) is 0 Å². The smallest absolute Gasteiger partial charge is 0.229 e. The second kappa shape index (κ2) is 6.24. The Morgan fingerprint density at radius 1 is 1.38 bits per heavy atom. The summed E-state index contributed by atoms with van der Waals surface area (Å²) >= 11 is 6.03. The van der Waals surface area contributed by atoms with Crippen LogP contribution in [0.15, 0.2) is 18.2 Å². The minimum absolute atomic E-state index is 0.101. The summed E-state index contributed by atoms with van der Waals surface area (Å²) in [5, 5.41) is 4.02. The van der Waals surface area contributed by atoms with Gasteiger partial charge in [0.25, 0.3) is 0 Å². The van der Waals surface area contributed by atoms with Crippen LogP contribution in [-0.2, 0) is 11.2 Å². The highest BCUT2D eigenvalue weighted by atomic mass is 35.5. The van der Waals surface area contributed by atoms with Gasteiger partial charge >= 0.3 is 0 Å². The number of fused-ring (bicyclic) bond motifs is 1. The molecule has 1 N–H and O–H groups in total. The Kier molecular flexibility index (Phi) is 4.36. The van der Waals surface area contributed by atoms with Crippen molar-refractivity contribution >= 4 is 17.5 Å². The van der Waals surface area contributed by atoms with Crippen LogP contribution in [0, 0.1) is 5.92 Å². The summed E-state index contributed by atoms with van der Waals surface area (Å²) in [6, 6.07) is 5.96. The van der Waals surface area contributed by atoms with Crippen molar-refractivity contribution in [2.75, 3.05) is 26.7 Å². The Morgan fingerprint density at radius 2 is 2.14 bits per heavy atom. The van der Waals surface area contributed by atoms with Gasteiger partial charge in [0.1, 0.15) is 12.4 Å². The molecule has 0 spiro atoms. The van der Waals surface area contributed by atoms with Crippen molar-refractivity contribution in [1.29, 1.82) is 0 Å². The van der Waals surface area contributed by atoms with Gasteiger partial charge in [0, 0.05) is 18.1 Å². The molecule has 1 atom stereocenters. The zero-order chi connectivity index (χ0) is 14.8. The standard InChI is InChI=1S/C16H21ClN2O2/c1-19(14-4-6-18-7-5-14)16(20)12-8-11-9-13(17)2-3-15(11)21-10-12/h2-3,9,12,14,18H,4-8,10H2,1H3. The number of carbonyl (C=O) groups is 1. The highest BCUT2D eigenvalue weighted by Gasteiger charge is 2.31. The molecule has 3 rings (SSSR count). The molecule has 0 aliphatic carbocycles. The van der Waals surface area contributed by atoms with Gasteiger partial charge in [-0.15, -0.1) is 0 Å². The summed E-state index contributed by atoms with van der Waals surface area (Å²) < 4.78 is 5.73. The summed E-state index contributed by atoms with van der Waals surface area (Å²) in [6.07, 6.45) is 2.76. The number of ether oxygens (including phenoxy) is 1. The molecule has 1 aromatic rings. The van der Waals surface area contributed by atoms with E-state index in [1.165, 1.54) is 0 Å². The molecule has 114 valence electrons. The van der Waals surface area contributed by atoms with Crippen molar-refractivity contribution in [3.63, 3.8) is 0 Å². The van der Waals surface area contributed by atoms with E-state index in [1.54, 1.807) is 0 Å². The van der Waals surface area contributed by atoms with Gasteiger partial charge in [0.2, 0.25) is 5.91 Å². The van der Waals surface area contributed by atoms with Crippen LogP contribution in [0.2, 0.25) is 5.02 Å². The van der Waals surface area contributed by atoms with Crippen LogP contribution >= 0.6 is 11.6 Å². The Balaban J connectivity index is 1.68. The number of nitrogens with zero attached hydrogens (tertiary/aromatic N) is 1. The average Bonchev–Trinajstić information content (AvgIpc) is 2.53. The first-order valence-electron chi connectivity index (χ1n) is 7.54. The van der Waals surface area contributed by atoms with E-state index < -0.39 is 0 Å². The number of carbonyl (C=O) groups excluding carboxylic acids is 1. The molecule has 21 heavy (non-hydrogen) atoms. The molecule has 1 fully saturated rings. The topological polar surface area (TPSA) is 41.6 Å². The van der Waals surface area contributed by atoms with Crippen molar-refractivity contribution < 1.29 is 9.53 Å². The summed E-state index contributed by atoms with van der Waals surface area (Å²) in [5.74, 6) is 0.941. The molecule has 0 saturated carbocycles. The van der Waals surface area contributed by atoms with Crippen molar-refractivity contribution in [3.05, 3.63) is 28.8 Å². The van der Waals surface area contributed by atoms with Crippen LogP contribution in [0.1, 0.15) is 18.4 Å². The van der Waals surface area contributed by atoms with Crippen LogP contribution in [0.25, 0.3) is 0 Å². The summed E-state index contributed by atoms with van der Waals surface area (Å²) in [4.78, 5) is 14.6. The average molecular weight is 309 g/mol. The monoisotopic (exact) mass is 308 g/mol.